The number of methoxy groups -OCH3 is 2. The molecule has 0 aliphatic heterocycles. The van der Waals surface area contributed by atoms with Gasteiger partial charge < -0.3 is 9.47 Å². The Morgan fingerprint density at radius 2 is 1.67 bits per heavy atom. The normalized spacial score (nSPS) is 15.4. The van der Waals surface area contributed by atoms with Gasteiger partial charge in [-0.25, -0.2) is 0 Å². The predicted octanol–water partition coefficient (Wildman–Crippen LogP) is 3.21. The molecule has 4 heteroatoms. The first-order valence-electron chi connectivity index (χ1n) is 7.37. The Morgan fingerprint density at radius 1 is 1.14 bits per heavy atom. The fraction of sp³-hybridized carbons (Fsp3) is 0.588. The summed E-state index contributed by atoms with van der Waals surface area (Å²) >= 11 is 0. The van der Waals surface area contributed by atoms with Crippen LogP contribution in [0.25, 0.3) is 0 Å². The molecule has 118 valence electrons. The zero-order valence-electron chi connectivity index (χ0n) is 14.3. The highest BCUT2D eigenvalue weighted by molar-refractivity contribution is 6.91. The van der Waals surface area contributed by atoms with Gasteiger partial charge in [0.15, 0.2) is 0 Å². The lowest BCUT2D eigenvalue weighted by Crippen LogP contribution is -2.54. The summed E-state index contributed by atoms with van der Waals surface area (Å²) in [5, 5.41) is 1.35. The quantitative estimate of drug-likeness (QED) is 0.598. The van der Waals surface area contributed by atoms with Gasteiger partial charge in [0.1, 0.15) is 0 Å². The van der Waals surface area contributed by atoms with Crippen LogP contribution in [0.1, 0.15) is 20.8 Å². The van der Waals surface area contributed by atoms with Crippen LogP contribution < -0.4 is 5.19 Å². The van der Waals surface area contributed by atoms with Crippen molar-refractivity contribution >= 4 is 19.2 Å². The first kappa shape index (κ1) is 17.9. The molecule has 0 aliphatic carbocycles. The molecule has 0 radical (unpaired) electrons. The largest absolute Gasteiger partial charge is 0.469 e. The highest BCUT2D eigenvalue weighted by Gasteiger charge is 2.47. The minimum Gasteiger partial charge on any atom is -0.469 e. The van der Waals surface area contributed by atoms with Crippen LogP contribution in [0.2, 0.25) is 18.6 Å². The molecular weight excluding hydrogens is 280 g/mol. The molecule has 0 aromatic heterocycles. The molecule has 0 fully saturated rings. The first-order chi connectivity index (χ1) is 9.68. The maximum absolute atomic E-state index is 12.4. The molecule has 2 atom stereocenters. The van der Waals surface area contributed by atoms with Crippen molar-refractivity contribution in [2.24, 2.45) is 5.92 Å². The average Bonchev–Trinajstić information content (AvgIpc) is 2.47. The van der Waals surface area contributed by atoms with Crippen LogP contribution in [-0.4, -0.2) is 33.9 Å². The number of ether oxygens (including phenoxy) is 2. The van der Waals surface area contributed by atoms with Gasteiger partial charge >= 0.3 is 5.97 Å². The summed E-state index contributed by atoms with van der Waals surface area (Å²) in [5.41, 5.74) is -0.353. The number of esters is 1. The summed E-state index contributed by atoms with van der Waals surface area (Å²) in [7, 11) is 1.27. The summed E-state index contributed by atoms with van der Waals surface area (Å²) in [6, 6.07) is 10.5. The van der Waals surface area contributed by atoms with Crippen molar-refractivity contribution < 1.29 is 14.3 Å². The molecule has 1 rings (SSSR count). The van der Waals surface area contributed by atoms with Crippen molar-refractivity contribution in [3.63, 3.8) is 0 Å². The molecule has 0 saturated heterocycles. The third kappa shape index (κ3) is 3.74. The monoisotopic (exact) mass is 308 g/mol. The topological polar surface area (TPSA) is 35.5 Å². The van der Waals surface area contributed by atoms with Crippen molar-refractivity contribution in [3.05, 3.63) is 30.3 Å². The molecule has 21 heavy (non-hydrogen) atoms. The van der Waals surface area contributed by atoms with Crippen molar-refractivity contribution in [1.82, 2.24) is 0 Å². The summed E-state index contributed by atoms with van der Waals surface area (Å²) in [6.45, 7) is 10.7. The molecule has 0 aliphatic rings. The summed E-state index contributed by atoms with van der Waals surface area (Å²) in [5.74, 6) is -0.472. The fourth-order valence-corrected chi connectivity index (χ4v) is 5.84. The van der Waals surface area contributed by atoms with E-state index in [9.17, 15) is 4.79 Å². The van der Waals surface area contributed by atoms with Crippen molar-refractivity contribution in [2.75, 3.05) is 14.2 Å². The average molecular weight is 308 g/mol. The van der Waals surface area contributed by atoms with E-state index in [1.165, 1.54) is 12.3 Å². The van der Waals surface area contributed by atoms with E-state index in [-0.39, 0.29) is 17.4 Å². The molecule has 0 bridgehead atoms. The van der Waals surface area contributed by atoms with E-state index < -0.39 is 13.7 Å². The van der Waals surface area contributed by atoms with E-state index in [0.29, 0.717) is 0 Å². The van der Waals surface area contributed by atoms with Gasteiger partial charge in [-0.3, -0.25) is 4.79 Å². The van der Waals surface area contributed by atoms with Gasteiger partial charge in [-0.2, -0.15) is 0 Å². The van der Waals surface area contributed by atoms with Crippen molar-refractivity contribution in [3.8, 4) is 0 Å². The van der Waals surface area contributed by atoms with E-state index in [4.69, 9.17) is 9.47 Å². The van der Waals surface area contributed by atoms with Crippen LogP contribution in [0, 0.1) is 5.92 Å². The predicted molar refractivity (Wildman–Crippen MR) is 89.6 cm³/mol. The minimum atomic E-state index is -1.83. The summed E-state index contributed by atoms with van der Waals surface area (Å²) in [6.07, 6.45) is 0. The molecule has 0 unspecified atom stereocenters. The van der Waals surface area contributed by atoms with Crippen molar-refractivity contribution in [2.45, 2.75) is 45.0 Å². The number of carbonyl (C=O) groups is 1. The number of hydrogen-bond acceptors (Lipinski definition) is 3. The number of carbonyl (C=O) groups excluding carboxylic acids is 1. The van der Waals surface area contributed by atoms with Crippen LogP contribution in [0.4, 0.5) is 0 Å². The van der Waals surface area contributed by atoms with E-state index in [2.05, 4.69) is 44.3 Å². The zero-order chi connectivity index (χ0) is 16.3. The minimum absolute atomic E-state index is 0.189. The number of rotatable bonds is 6. The highest BCUT2D eigenvalue weighted by atomic mass is 28.3. The van der Waals surface area contributed by atoms with Gasteiger partial charge in [-0.15, -0.1) is 0 Å². The second kappa shape index (κ2) is 6.75. The Labute approximate surface area is 129 Å². The second-order valence-electron chi connectivity index (χ2n) is 6.68. The summed E-state index contributed by atoms with van der Waals surface area (Å²) in [4.78, 5) is 12.4. The van der Waals surface area contributed by atoms with Crippen LogP contribution in [-0.2, 0) is 14.3 Å². The molecule has 0 spiro atoms. The van der Waals surface area contributed by atoms with Gasteiger partial charge in [-0.05, 0) is 19.4 Å². The maximum atomic E-state index is 12.4. The lowest BCUT2D eigenvalue weighted by atomic mass is 9.88. The molecule has 3 nitrogen and oxygen atoms in total. The zero-order valence-corrected chi connectivity index (χ0v) is 15.3. The third-order valence-corrected chi connectivity index (χ3v) is 9.32. The first-order valence-corrected chi connectivity index (χ1v) is 10.4. The van der Waals surface area contributed by atoms with Gasteiger partial charge in [0.05, 0.1) is 26.7 Å². The van der Waals surface area contributed by atoms with Crippen LogP contribution >= 0.6 is 0 Å². The lowest BCUT2D eigenvalue weighted by molar-refractivity contribution is -0.156. The Bertz CT molecular complexity index is 468. The molecule has 0 heterocycles. The van der Waals surface area contributed by atoms with Gasteiger partial charge in [0.25, 0.3) is 0 Å². The van der Waals surface area contributed by atoms with Crippen LogP contribution in [0.5, 0.6) is 0 Å². The molecule has 1 aromatic carbocycles. The van der Waals surface area contributed by atoms with E-state index in [1.54, 1.807) is 7.11 Å². The second-order valence-corrected chi connectivity index (χ2v) is 11.6. The van der Waals surface area contributed by atoms with Gasteiger partial charge in [0, 0.05) is 7.11 Å². The standard InChI is InChI=1S/C17H28O3Si/c1-13(15(16(18)19-4)17(2,3)20-5)21(6,7)14-11-9-8-10-12-14/h8-13,15H,1-7H3/t13-,15-/m0/s1. The molecular formula is C17H28O3Si. The molecule has 0 saturated carbocycles. The van der Waals surface area contributed by atoms with E-state index in [1.807, 2.05) is 19.9 Å². The molecule has 0 amide bonds. The Hall–Kier alpha value is -1.13. The molecule has 1 aromatic rings. The lowest BCUT2D eigenvalue weighted by Gasteiger charge is -2.41. The van der Waals surface area contributed by atoms with E-state index in [0.717, 1.165) is 0 Å². The van der Waals surface area contributed by atoms with Gasteiger partial charge in [-0.1, -0.05) is 55.5 Å². The van der Waals surface area contributed by atoms with Gasteiger partial charge in [0.2, 0.25) is 0 Å². The maximum Gasteiger partial charge on any atom is 0.311 e. The highest BCUT2D eigenvalue weighted by Crippen LogP contribution is 2.38. The number of hydrogen-bond donors (Lipinski definition) is 0. The SMILES string of the molecule is COC(=O)[C@H]([C@H](C)[Si](C)(C)c1ccccc1)C(C)(C)OC. The third-order valence-electron chi connectivity index (χ3n) is 4.89. The number of benzene rings is 1. The van der Waals surface area contributed by atoms with Crippen LogP contribution in [0.15, 0.2) is 30.3 Å². The van der Waals surface area contributed by atoms with Crippen LogP contribution in [0.3, 0.4) is 0 Å². The summed E-state index contributed by atoms with van der Waals surface area (Å²) < 4.78 is 10.7. The Kier molecular flexibility index (Phi) is 5.76. The smallest absolute Gasteiger partial charge is 0.311 e. The Morgan fingerprint density at radius 3 is 2.10 bits per heavy atom. The Balaban J connectivity index is 3.22. The molecule has 0 N–H and O–H groups in total. The fourth-order valence-electron chi connectivity index (χ4n) is 2.89. The van der Waals surface area contributed by atoms with Crippen molar-refractivity contribution in [1.29, 1.82) is 0 Å². The van der Waals surface area contributed by atoms with E-state index >= 15 is 0 Å².